The lowest BCUT2D eigenvalue weighted by molar-refractivity contribution is -0.154. The summed E-state index contributed by atoms with van der Waals surface area (Å²) in [7, 11) is 1.47. The SMILES string of the molecule is CC(C(=O)O)N(C)C(=O)C1CNCCO1. The third kappa shape index (κ3) is 2.90. The van der Waals surface area contributed by atoms with Crippen molar-refractivity contribution in [3.8, 4) is 0 Å². The Balaban J connectivity index is 2.54. The quantitative estimate of drug-likeness (QED) is 0.626. The molecule has 6 nitrogen and oxygen atoms in total. The van der Waals surface area contributed by atoms with Gasteiger partial charge in [0.25, 0.3) is 5.91 Å². The van der Waals surface area contributed by atoms with Gasteiger partial charge in [-0.05, 0) is 6.92 Å². The number of nitrogens with zero attached hydrogens (tertiary/aromatic N) is 1. The number of carbonyl (C=O) groups excluding carboxylic acids is 1. The molecule has 1 saturated heterocycles. The second-order valence-corrected chi connectivity index (χ2v) is 3.53. The maximum absolute atomic E-state index is 11.7. The first-order valence-corrected chi connectivity index (χ1v) is 4.86. The zero-order valence-corrected chi connectivity index (χ0v) is 8.90. The van der Waals surface area contributed by atoms with Crippen molar-refractivity contribution in [3.05, 3.63) is 0 Å². The first-order valence-electron chi connectivity index (χ1n) is 4.86. The molecule has 1 amide bonds. The highest BCUT2D eigenvalue weighted by molar-refractivity contribution is 5.86. The summed E-state index contributed by atoms with van der Waals surface area (Å²) < 4.78 is 5.24. The molecule has 86 valence electrons. The number of likely N-dealkylation sites (N-methyl/N-ethyl adjacent to an activating group) is 1. The molecule has 0 aromatic heterocycles. The van der Waals surface area contributed by atoms with E-state index >= 15 is 0 Å². The number of carboxylic acid groups (broad SMARTS) is 1. The fraction of sp³-hybridized carbons (Fsp3) is 0.778. The maximum atomic E-state index is 11.7. The van der Waals surface area contributed by atoms with Crippen LogP contribution in [0.15, 0.2) is 0 Å². The molecule has 1 fully saturated rings. The summed E-state index contributed by atoms with van der Waals surface area (Å²) in [6.07, 6.45) is -0.564. The maximum Gasteiger partial charge on any atom is 0.326 e. The topological polar surface area (TPSA) is 78.9 Å². The Morgan fingerprint density at radius 3 is 2.73 bits per heavy atom. The van der Waals surface area contributed by atoms with Gasteiger partial charge in [-0.1, -0.05) is 0 Å². The van der Waals surface area contributed by atoms with Crippen molar-refractivity contribution in [1.29, 1.82) is 0 Å². The highest BCUT2D eigenvalue weighted by atomic mass is 16.5. The van der Waals surface area contributed by atoms with Crippen molar-refractivity contribution in [2.75, 3.05) is 26.7 Å². The van der Waals surface area contributed by atoms with Crippen molar-refractivity contribution >= 4 is 11.9 Å². The van der Waals surface area contributed by atoms with E-state index in [1.807, 2.05) is 0 Å². The van der Waals surface area contributed by atoms with Crippen LogP contribution in [0.2, 0.25) is 0 Å². The zero-order chi connectivity index (χ0) is 11.4. The summed E-state index contributed by atoms with van der Waals surface area (Å²) >= 11 is 0. The summed E-state index contributed by atoms with van der Waals surface area (Å²) in [6, 6.07) is -0.831. The van der Waals surface area contributed by atoms with E-state index in [4.69, 9.17) is 9.84 Å². The molecule has 2 N–H and O–H groups in total. The molecule has 2 atom stereocenters. The van der Waals surface area contributed by atoms with Gasteiger partial charge in [0, 0.05) is 20.1 Å². The minimum Gasteiger partial charge on any atom is -0.480 e. The standard InChI is InChI=1S/C9H16N2O4/c1-6(9(13)14)11(2)8(12)7-5-10-3-4-15-7/h6-7,10H,3-5H2,1-2H3,(H,13,14). The van der Waals surface area contributed by atoms with Gasteiger partial charge in [-0.3, -0.25) is 4.79 Å². The Kier molecular flexibility index (Phi) is 4.05. The van der Waals surface area contributed by atoms with E-state index in [0.717, 1.165) is 6.54 Å². The molecule has 0 aromatic carbocycles. The fourth-order valence-electron chi connectivity index (χ4n) is 1.31. The number of rotatable bonds is 3. The number of hydrogen-bond donors (Lipinski definition) is 2. The van der Waals surface area contributed by atoms with Crippen LogP contribution in [0.5, 0.6) is 0 Å². The predicted molar refractivity (Wildman–Crippen MR) is 52.5 cm³/mol. The lowest BCUT2D eigenvalue weighted by atomic mass is 10.2. The normalized spacial score (nSPS) is 23.2. The molecular formula is C9H16N2O4. The average Bonchev–Trinajstić information content (AvgIpc) is 2.27. The molecule has 0 aliphatic carbocycles. The van der Waals surface area contributed by atoms with E-state index < -0.39 is 18.1 Å². The van der Waals surface area contributed by atoms with Crippen LogP contribution in [-0.4, -0.2) is 60.8 Å². The van der Waals surface area contributed by atoms with Crippen molar-refractivity contribution in [2.45, 2.75) is 19.1 Å². The van der Waals surface area contributed by atoms with E-state index in [9.17, 15) is 9.59 Å². The molecule has 1 aliphatic heterocycles. The third-order valence-corrected chi connectivity index (χ3v) is 2.49. The smallest absolute Gasteiger partial charge is 0.326 e. The Labute approximate surface area is 88.2 Å². The number of carbonyl (C=O) groups is 2. The molecule has 2 unspecified atom stereocenters. The monoisotopic (exact) mass is 216 g/mol. The summed E-state index contributed by atoms with van der Waals surface area (Å²) in [5, 5.41) is 11.8. The minimum atomic E-state index is -1.02. The molecule has 0 aromatic rings. The number of hydrogen-bond acceptors (Lipinski definition) is 4. The van der Waals surface area contributed by atoms with Crippen molar-refractivity contribution < 1.29 is 19.4 Å². The van der Waals surface area contributed by atoms with Crippen LogP contribution in [0.1, 0.15) is 6.92 Å². The summed E-state index contributed by atoms with van der Waals surface area (Å²) in [6.45, 7) is 3.11. The molecule has 0 radical (unpaired) electrons. The highest BCUT2D eigenvalue weighted by Gasteiger charge is 2.29. The highest BCUT2D eigenvalue weighted by Crippen LogP contribution is 2.04. The summed E-state index contributed by atoms with van der Waals surface area (Å²) in [5.41, 5.74) is 0. The second kappa shape index (κ2) is 5.09. The molecule has 15 heavy (non-hydrogen) atoms. The summed E-state index contributed by atoms with van der Waals surface area (Å²) in [4.78, 5) is 23.6. The molecule has 1 aliphatic rings. The van der Waals surface area contributed by atoms with E-state index in [0.29, 0.717) is 13.2 Å². The number of nitrogens with one attached hydrogen (secondary N) is 1. The Morgan fingerprint density at radius 2 is 2.27 bits per heavy atom. The first kappa shape index (κ1) is 11.9. The van der Waals surface area contributed by atoms with Gasteiger partial charge in [0.2, 0.25) is 0 Å². The van der Waals surface area contributed by atoms with Crippen molar-refractivity contribution in [2.24, 2.45) is 0 Å². The Morgan fingerprint density at radius 1 is 1.60 bits per heavy atom. The second-order valence-electron chi connectivity index (χ2n) is 3.53. The van der Waals surface area contributed by atoms with Gasteiger partial charge in [-0.25, -0.2) is 4.79 Å². The lowest BCUT2D eigenvalue weighted by Gasteiger charge is -2.29. The van der Waals surface area contributed by atoms with Gasteiger partial charge >= 0.3 is 5.97 Å². The van der Waals surface area contributed by atoms with Crippen LogP contribution in [-0.2, 0) is 14.3 Å². The molecule has 1 rings (SSSR count). The van der Waals surface area contributed by atoms with Crippen LogP contribution in [0, 0.1) is 0 Å². The third-order valence-electron chi connectivity index (χ3n) is 2.49. The van der Waals surface area contributed by atoms with E-state index in [-0.39, 0.29) is 5.91 Å². The number of amides is 1. The van der Waals surface area contributed by atoms with Crippen molar-refractivity contribution in [3.63, 3.8) is 0 Å². The number of morpholine rings is 1. The number of aliphatic carboxylic acids is 1. The van der Waals surface area contributed by atoms with Crippen LogP contribution in [0.25, 0.3) is 0 Å². The van der Waals surface area contributed by atoms with E-state index in [1.165, 1.54) is 18.9 Å². The Bertz CT molecular complexity index is 250. The first-order chi connectivity index (χ1) is 7.04. The van der Waals surface area contributed by atoms with Gasteiger partial charge in [-0.15, -0.1) is 0 Å². The molecule has 0 spiro atoms. The van der Waals surface area contributed by atoms with Gasteiger partial charge < -0.3 is 20.1 Å². The van der Waals surface area contributed by atoms with Gasteiger partial charge in [0.15, 0.2) is 0 Å². The largest absolute Gasteiger partial charge is 0.480 e. The Hall–Kier alpha value is -1.14. The number of carboxylic acids is 1. The van der Waals surface area contributed by atoms with E-state index in [2.05, 4.69) is 5.32 Å². The molecule has 6 heteroatoms. The van der Waals surface area contributed by atoms with Crippen LogP contribution < -0.4 is 5.32 Å². The molecule has 1 heterocycles. The average molecular weight is 216 g/mol. The van der Waals surface area contributed by atoms with Gasteiger partial charge in [0.05, 0.1) is 6.61 Å². The predicted octanol–water partition coefficient (Wildman–Crippen LogP) is -1.09. The van der Waals surface area contributed by atoms with Crippen molar-refractivity contribution in [1.82, 2.24) is 10.2 Å². The lowest BCUT2D eigenvalue weighted by Crippen LogP contribution is -2.51. The summed E-state index contributed by atoms with van der Waals surface area (Å²) in [5.74, 6) is -1.31. The number of ether oxygens (including phenoxy) is 1. The van der Waals surface area contributed by atoms with Crippen LogP contribution in [0.4, 0.5) is 0 Å². The molecule has 0 saturated carbocycles. The van der Waals surface area contributed by atoms with Gasteiger partial charge in [-0.2, -0.15) is 0 Å². The van der Waals surface area contributed by atoms with Crippen LogP contribution in [0.3, 0.4) is 0 Å². The van der Waals surface area contributed by atoms with E-state index in [1.54, 1.807) is 0 Å². The zero-order valence-electron chi connectivity index (χ0n) is 8.90. The van der Waals surface area contributed by atoms with Gasteiger partial charge in [0.1, 0.15) is 12.1 Å². The molecular weight excluding hydrogens is 200 g/mol. The fourth-order valence-corrected chi connectivity index (χ4v) is 1.31. The minimum absolute atomic E-state index is 0.294. The van der Waals surface area contributed by atoms with Crippen LogP contribution >= 0.6 is 0 Å². The molecule has 0 bridgehead atoms.